The third kappa shape index (κ3) is 3.48. The maximum atomic E-state index is 11.0. The standard InChI is InChI=1S/C8H15NO3/c1-4-5(2)7(9)8(11)12-6(3)10/h5,7H,4,9H2,1-3H3/t5-,7-/m0/s1. The molecule has 4 heteroatoms. The minimum atomic E-state index is -0.695. The molecule has 70 valence electrons. The molecular formula is C8H15NO3. The highest BCUT2D eigenvalue weighted by molar-refractivity contribution is 5.87. The number of nitrogens with two attached hydrogens (primary N) is 1. The number of hydrogen-bond acceptors (Lipinski definition) is 4. The molecule has 0 spiro atoms. The van der Waals surface area contributed by atoms with E-state index < -0.39 is 18.0 Å². The molecule has 0 rings (SSSR count). The van der Waals surface area contributed by atoms with E-state index >= 15 is 0 Å². The van der Waals surface area contributed by atoms with Gasteiger partial charge in [0.1, 0.15) is 6.04 Å². The maximum absolute atomic E-state index is 11.0. The largest absolute Gasteiger partial charge is 0.392 e. The van der Waals surface area contributed by atoms with Gasteiger partial charge in [0.15, 0.2) is 0 Å². The van der Waals surface area contributed by atoms with Crippen LogP contribution >= 0.6 is 0 Å². The molecule has 0 saturated carbocycles. The molecule has 0 amide bonds. The van der Waals surface area contributed by atoms with Crippen molar-refractivity contribution < 1.29 is 14.3 Å². The van der Waals surface area contributed by atoms with Crippen LogP contribution in [-0.2, 0) is 14.3 Å². The highest BCUT2D eigenvalue weighted by Gasteiger charge is 2.21. The molecule has 2 atom stereocenters. The molecule has 12 heavy (non-hydrogen) atoms. The van der Waals surface area contributed by atoms with Gasteiger partial charge >= 0.3 is 11.9 Å². The summed E-state index contributed by atoms with van der Waals surface area (Å²) in [6, 6.07) is -0.695. The molecule has 0 fully saturated rings. The Kier molecular flexibility index (Phi) is 4.51. The first-order valence-electron chi connectivity index (χ1n) is 3.96. The highest BCUT2D eigenvalue weighted by atomic mass is 16.6. The first kappa shape index (κ1) is 11.1. The molecule has 0 saturated heterocycles. The summed E-state index contributed by atoms with van der Waals surface area (Å²) in [6.45, 7) is 4.94. The third-order valence-corrected chi connectivity index (χ3v) is 1.77. The van der Waals surface area contributed by atoms with Crippen LogP contribution in [0, 0.1) is 5.92 Å². The average Bonchev–Trinajstić information content (AvgIpc) is 2.00. The maximum Gasteiger partial charge on any atom is 0.330 e. The summed E-state index contributed by atoms with van der Waals surface area (Å²) in [7, 11) is 0. The lowest BCUT2D eigenvalue weighted by atomic mass is 10.0. The number of carbonyl (C=O) groups excluding carboxylic acids is 2. The fraction of sp³-hybridized carbons (Fsp3) is 0.750. The van der Waals surface area contributed by atoms with E-state index in [2.05, 4.69) is 4.74 Å². The fourth-order valence-corrected chi connectivity index (χ4v) is 0.696. The van der Waals surface area contributed by atoms with E-state index in [1.54, 1.807) is 0 Å². The zero-order chi connectivity index (χ0) is 9.72. The second-order valence-corrected chi connectivity index (χ2v) is 2.82. The molecule has 0 heterocycles. The van der Waals surface area contributed by atoms with E-state index in [0.29, 0.717) is 0 Å². The second kappa shape index (κ2) is 4.87. The summed E-state index contributed by atoms with van der Waals surface area (Å²) in [5, 5.41) is 0. The average molecular weight is 173 g/mol. The van der Waals surface area contributed by atoms with E-state index in [-0.39, 0.29) is 5.92 Å². The van der Waals surface area contributed by atoms with Gasteiger partial charge in [-0.25, -0.2) is 4.79 Å². The monoisotopic (exact) mass is 173 g/mol. The lowest BCUT2D eigenvalue weighted by molar-refractivity contribution is -0.159. The SMILES string of the molecule is CC[C@H](C)[C@H](N)C(=O)OC(C)=O. The Morgan fingerprint density at radius 3 is 2.33 bits per heavy atom. The fourth-order valence-electron chi connectivity index (χ4n) is 0.696. The smallest absolute Gasteiger partial charge is 0.330 e. The van der Waals surface area contributed by atoms with Crippen LogP contribution in [-0.4, -0.2) is 18.0 Å². The van der Waals surface area contributed by atoms with Crippen molar-refractivity contribution in [2.45, 2.75) is 33.2 Å². The molecule has 0 radical (unpaired) electrons. The first-order chi connectivity index (χ1) is 5.49. The van der Waals surface area contributed by atoms with E-state index in [0.717, 1.165) is 6.42 Å². The lowest BCUT2D eigenvalue weighted by Crippen LogP contribution is -2.38. The van der Waals surface area contributed by atoms with Crippen LogP contribution in [0.5, 0.6) is 0 Å². The van der Waals surface area contributed by atoms with Gasteiger partial charge in [0, 0.05) is 6.92 Å². The van der Waals surface area contributed by atoms with Crippen molar-refractivity contribution in [2.24, 2.45) is 11.7 Å². The summed E-state index contributed by atoms with van der Waals surface area (Å²) < 4.78 is 4.33. The molecule has 0 aliphatic carbocycles. The highest BCUT2D eigenvalue weighted by Crippen LogP contribution is 2.06. The van der Waals surface area contributed by atoms with Crippen molar-refractivity contribution in [2.75, 3.05) is 0 Å². The molecule has 0 aromatic rings. The predicted molar refractivity (Wildman–Crippen MR) is 44.2 cm³/mol. The molecule has 0 aromatic heterocycles. The van der Waals surface area contributed by atoms with Crippen molar-refractivity contribution >= 4 is 11.9 Å². The normalized spacial score (nSPS) is 15.0. The van der Waals surface area contributed by atoms with Crippen LogP contribution in [0.2, 0.25) is 0 Å². The number of ether oxygens (including phenoxy) is 1. The first-order valence-corrected chi connectivity index (χ1v) is 3.96. The molecule has 0 aromatic carbocycles. The zero-order valence-corrected chi connectivity index (χ0v) is 7.66. The van der Waals surface area contributed by atoms with E-state index in [4.69, 9.17) is 5.73 Å². The van der Waals surface area contributed by atoms with Crippen molar-refractivity contribution in [3.63, 3.8) is 0 Å². The Morgan fingerprint density at radius 2 is 2.00 bits per heavy atom. The van der Waals surface area contributed by atoms with E-state index in [1.807, 2.05) is 13.8 Å². The quantitative estimate of drug-likeness (QED) is 0.497. The molecule has 0 unspecified atom stereocenters. The van der Waals surface area contributed by atoms with Crippen molar-refractivity contribution in [1.82, 2.24) is 0 Å². The van der Waals surface area contributed by atoms with Gasteiger partial charge in [-0.2, -0.15) is 0 Å². The van der Waals surface area contributed by atoms with Crippen LogP contribution < -0.4 is 5.73 Å². The Balaban J connectivity index is 4.01. The zero-order valence-electron chi connectivity index (χ0n) is 7.66. The van der Waals surface area contributed by atoms with Crippen LogP contribution in [0.4, 0.5) is 0 Å². The molecule has 0 aliphatic heterocycles. The van der Waals surface area contributed by atoms with Crippen LogP contribution in [0.1, 0.15) is 27.2 Å². The number of esters is 2. The Morgan fingerprint density at radius 1 is 1.50 bits per heavy atom. The van der Waals surface area contributed by atoms with Gasteiger partial charge < -0.3 is 10.5 Å². The molecule has 0 bridgehead atoms. The topological polar surface area (TPSA) is 69.4 Å². The second-order valence-electron chi connectivity index (χ2n) is 2.82. The number of carbonyl (C=O) groups is 2. The van der Waals surface area contributed by atoms with Gasteiger partial charge in [-0.3, -0.25) is 4.79 Å². The van der Waals surface area contributed by atoms with E-state index in [1.165, 1.54) is 6.92 Å². The Hall–Kier alpha value is -0.900. The van der Waals surface area contributed by atoms with Gasteiger partial charge in [0.25, 0.3) is 0 Å². The summed E-state index contributed by atoms with van der Waals surface area (Å²) in [4.78, 5) is 21.4. The predicted octanol–water partition coefficient (Wildman–Crippen LogP) is 0.449. The minimum Gasteiger partial charge on any atom is -0.392 e. The van der Waals surface area contributed by atoms with Crippen molar-refractivity contribution in [3.05, 3.63) is 0 Å². The van der Waals surface area contributed by atoms with Gasteiger partial charge in [0.2, 0.25) is 0 Å². The van der Waals surface area contributed by atoms with Crippen LogP contribution in [0.25, 0.3) is 0 Å². The minimum absolute atomic E-state index is 0.0387. The molecule has 0 aliphatic rings. The number of hydrogen-bond donors (Lipinski definition) is 1. The van der Waals surface area contributed by atoms with Crippen LogP contribution in [0.15, 0.2) is 0 Å². The van der Waals surface area contributed by atoms with Gasteiger partial charge in [0.05, 0.1) is 0 Å². The van der Waals surface area contributed by atoms with Crippen LogP contribution in [0.3, 0.4) is 0 Å². The van der Waals surface area contributed by atoms with Gasteiger partial charge in [-0.1, -0.05) is 20.3 Å². The molecular weight excluding hydrogens is 158 g/mol. The van der Waals surface area contributed by atoms with Crippen molar-refractivity contribution in [3.8, 4) is 0 Å². The molecule has 2 N–H and O–H groups in total. The van der Waals surface area contributed by atoms with Gasteiger partial charge in [-0.15, -0.1) is 0 Å². The Labute approximate surface area is 72.1 Å². The van der Waals surface area contributed by atoms with Crippen molar-refractivity contribution in [1.29, 1.82) is 0 Å². The van der Waals surface area contributed by atoms with E-state index in [9.17, 15) is 9.59 Å². The number of rotatable bonds is 3. The van der Waals surface area contributed by atoms with Gasteiger partial charge in [-0.05, 0) is 5.92 Å². The summed E-state index contributed by atoms with van der Waals surface area (Å²) in [6.07, 6.45) is 0.786. The summed E-state index contributed by atoms with van der Waals surface area (Å²) in [5.41, 5.74) is 5.49. The summed E-state index contributed by atoms with van der Waals surface area (Å²) in [5.74, 6) is -1.22. The lowest BCUT2D eigenvalue weighted by Gasteiger charge is -2.14. The third-order valence-electron chi connectivity index (χ3n) is 1.77. The molecule has 4 nitrogen and oxygen atoms in total. The summed E-state index contributed by atoms with van der Waals surface area (Å²) >= 11 is 0. The Bertz CT molecular complexity index is 179.